The van der Waals surface area contributed by atoms with Crippen LogP contribution in [0.25, 0.3) is 0 Å². The van der Waals surface area contributed by atoms with Gasteiger partial charge in [-0.25, -0.2) is 4.79 Å². The summed E-state index contributed by atoms with van der Waals surface area (Å²) in [4.78, 5) is 10.8. The number of aliphatic hydroxyl groups excluding tert-OH is 6. The molecule has 1 fully saturated rings. The second-order valence-electron chi connectivity index (χ2n) is 3.57. The molecule has 0 unspecified atom stereocenters. The summed E-state index contributed by atoms with van der Waals surface area (Å²) in [6, 6.07) is 0. The zero-order valence-electron chi connectivity index (χ0n) is 8.17. The molecule has 0 saturated carbocycles. The molecule has 16 heavy (non-hydrogen) atoms. The molecule has 8 nitrogen and oxygen atoms in total. The Labute approximate surface area is 90.3 Å². The van der Waals surface area contributed by atoms with E-state index in [4.69, 9.17) is 15.3 Å². The third-order valence-electron chi connectivity index (χ3n) is 2.42. The van der Waals surface area contributed by atoms with Crippen molar-refractivity contribution in [1.82, 2.24) is 0 Å². The van der Waals surface area contributed by atoms with Crippen molar-refractivity contribution in [3.63, 3.8) is 0 Å². The Kier molecular flexibility index (Phi) is 4.19. The molecule has 0 aromatic rings. The Morgan fingerprint density at radius 2 is 1.81 bits per heavy atom. The molecule has 6 atom stereocenters. The van der Waals surface area contributed by atoms with Gasteiger partial charge in [0.25, 0.3) is 0 Å². The zero-order valence-corrected chi connectivity index (χ0v) is 8.17. The first-order valence-corrected chi connectivity index (χ1v) is 4.61. The van der Waals surface area contributed by atoms with Crippen molar-refractivity contribution in [3.05, 3.63) is 0 Å². The predicted octanol–water partition coefficient (Wildman–Crippen LogP) is -4.29. The van der Waals surface area contributed by atoms with Crippen molar-refractivity contribution in [3.8, 4) is 0 Å². The van der Waals surface area contributed by atoms with Gasteiger partial charge in [0.2, 0.25) is 0 Å². The molecule has 0 aromatic carbocycles. The molecule has 0 radical (unpaired) electrons. The predicted molar refractivity (Wildman–Crippen MR) is 47.0 cm³/mol. The summed E-state index contributed by atoms with van der Waals surface area (Å²) in [6.45, 7) is -0.808. The minimum absolute atomic E-state index is 0.808. The Bertz CT molecular complexity index is 256. The number of ether oxygens (including phenoxy) is 1. The minimum Gasteiger partial charge on any atom is -0.455 e. The van der Waals surface area contributed by atoms with E-state index in [-0.39, 0.29) is 0 Å². The van der Waals surface area contributed by atoms with Gasteiger partial charge in [-0.2, -0.15) is 0 Å². The van der Waals surface area contributed by atoms with Crippen LogP contribution >= 0.6 is 0 Å². The van der Waals surface area contributed by atoms with Crippen molar-refractivity contribution >= 4 is 5.97 Å². The average Bonchev–Trinajstić information content (AvgIpc) is 2.54. The third kappa shape index (κ3) is 2.32. The molecule has 1 heterocycles. The molecule has 0 aliphatic carbocycles. The van der Waals surface area contributed by atoms with Crippen LogP contribution in [0.1, 0.15) is 0 Å². The van der Waals surface area contributed by atoms with Crippen LogP contribution in [0.5, 0.6) is 0 Å². The minimum atomic E-state index is -1.81. The molecule has 8 heteroatoms. The van der Waals surface area contributed by atoms with Gasteiger partial charge in [-0.3, -0.25) is 0 Å². The highest BCUT2D eigenvalue weighted by molar-refractivity contribution is 5.77. The summed E-state index contributed by atoms with van der Waals surface area (Å²) in [5.41, 5.74) is 0. The third-order valence-corrected chi connectivity index (χ3v) is 2.42. The molecule has 94 valence electrons. The molecule has 0 aromatic heterocycles. The largest absolute Gasteiger partial charge is 0.455 e. The van der Waals surface area contributed by atoms with Crippen molar-refractivity contribution in [2.45, 2.75) is 36.6 Å². The number of rotatable bonds is 4. The van der Waals surface area contributed by atoms with Gasteiger partial charge in [-0.15, -0.1) is 0 Å². The Balaban J connectivity index is 2.68. The van der Waals surface area contributed by atoms with E-state index in [1.165, 1.54) is 0 Å². The van der Waals surface area contributed by atoms with E-state index in [0.29, 0.717) is 0 Å². The van der Waals surface area contributed by atoms with Crippen LogP contribution in [0.3, 0.4) is 0 Å². The summed E-state index contributed by atoms with van der Waals surface area (Å²) in [5, 5.41) is 54.6. The molecule has 0 bridgehead atoms. The number of cyclic esters (lactones) is 1. The molecule has 0 amide bonds. The van der Waals surface area contributed by atoms with Gasteiger partial charge in [0.05, 0.1) is 6.61 Å². The first-order chi connectivity index (χ1) is 7.40. The fourth-order valence-corrected chi connectivity index (χ4v) is 1.39. The van der Waals surface area contributed by atoms with E-state index in [9.17, 15) is 20.1 Å². The lowest BCUT2D eigenvalue weighted by Gasteiger charge is -2.26. The second kappa shape index (κ2) is 5.04. The van der Waals surface area contributed by atoms with Gasteiger partial charge in [0.1, 0.15) is 24.4 Å². The average molecular weight is 238 g/mol. The van der Waals surface area contributed by atoms with Crippen molar-refractivity contribution in [2.24, 2.45) is 0 Å². The Morgan fingerprint density at radius 3 is 2.19 bits per heavy atom. The van der Waals surface area contributed by atoms with E-state index in [1.807, 2.05) is 0 Å². The molecule has 6 N–H and O–H groups in total. The van der Waals surface area contributed by atoms with E-state index < -0.39 is 49.2 Å². The zero-order chi connectivity index (χ0) is 12.5. The molecular weight excluding hydrogens is 224 g/mol. The molecule has 0 spiro atoms. The number of hydrogen-bond donors (Lipinski definition) is 6. The highest BCUT2D eigenvalue weighted by atomic mass is 16.6. The van der Waals surface area contributed by atoms with Crippen LogP contribution in [-0.2, 0) is 9.53 Å². The standard InChI is InChI=1S/C8H14O8/c9-1-2(10)3(11)4(12)7-5(13)6(14)8(15)16-7/h2-7,9-14H,1H2/t2-,3+,4+,5+,6+,7-/m0/s1. The van der Waals surface area contributed by atoms with Crippen LogP contribution in [0.15, 0.2) is 0 Å². The highest BCUT2D eigenvalue weighted by Gasteiger charge is 2.48. The van der Waals surface area contributed by atoms with Gasteiger partial charge < -0.3 is 35.4 Å². The van der Waals surface area contributed by atoms with E-state index in [1.54, 1.807) is 0 Å². The first kappa shape index (κ1) is 13.3. The summed E-state index contributed by atoms with van der Waals surface area (Å²) < 4.78 is 4.42. The monoisotopic (exact) mass is 238 g/mol. The fraction of sp³-hybridized carbons (Fsp3) is 0.875. The molecule has 1 rings (SSSR count). The number of esters is 1. The maximum Gasteiger partial charge on any atom is 0.338 e. The van der Waals surface area contributed by atoms with Crippen LogP contribution in [0, 0.1) is 0 Å². The SMILES string of the molecule is O=C1O[C@@H]([C@H](O)[C@H](O)[C@@H](O)CO)[C@H](O)[C@H]1O. The van der Waals surface area contributed by atoms with Crippen LogP contribution in [-0.4, -0.2) is 79.8 Å². The quantitative estimate of drug-likeness (QED) is 0.269. The lowest BCUT2D eigenvalue weighted by Crippen LogP contribution is -2.50. The van der Waals surface area contributed by atoms with Gasteiger partial charge in [-0.1, -0.05) is 0 Å². The summed E-state index contributed by atoms with van der Waals surface area (Å²) in [5.74, 6) is -1.12. The lowest BCUT2D eigenvalue weighted by molar-refractivity contribution is -0.159. The normalized spacial score (nSPS) is 35.6. The highest BCUT2D eigenvalue weighted by Crippen LogP contribution is 2.21. The van der Waals surface area contributed by atoms with Crippen LogP contribution in [0.4, 0.5) is 0 Å². The van der Waals surface area contributed by atoms with Crippen LogP contribution < -0.4 is 0 Å². The van der Waals surface area contributed by atoms with Gasteiger partial charge in [-0.05, 0) is 0 Å². The van der Waals surface area contributed by atoms with E-state index >= 15 is 0 Å². The number of hydrogen-bond acceptors (Lipinski definition) is 8. The smallest absolute Gasteiger partial charge is 0.338 e. The summed E-state index contributed by atoms with van der Waals surface area (Å²) in [6.07, 6.45) is -10.3. The number of aliphatic hydroxyl groups is 6. The molecule has 1 aliphatic heterocycles. The Hall–Kier alpha value is -0.770. The van der Waals surface area contributed by atoms with E-state index in [0.717, 1.165) is 0 Å². The van der Waals surface area contributed by atoms with Crippen molar-refractivity contribution in [2.75, 3.05) is 6.61 Å². The van der Waals surface area contributed by atoms with Gasteiger partial charge in [0, 0.05) is 0 Å². The fourth-order valence-electron chi connectivity index (χ4n) is 1.39. The van der Waals surface area contributed by atoms with Crippen molar-refractivity contribution in [1.29, 1.82) is 0 Å². The van der Waals surface area contributed by atoms with Crippen molar-refractivity contribution < 1.29 is 40.2 Å². The van der Waals surface area contributed by atoms with E-state index in [2.05, 4.69) is 4.74 Å². The number of carbonyl (C=O) groups is 1. The summed E-state index contributed by atoms with van der Waals surface area (Å²) in [7, 11) is 0. The lowest BCUT2D eigenvalue weighted by atomic mass is 9.99. The van der Waals surface area contributed by atoms with Gasteiger partial charge in [0.15, 0.2) is 12.2 Å². The second-order valence-corrected chi connectivity index (χ2v) is 3.57. The maximum atomic E-state index is 10.8. The first-order valence-electron chi connectivity index (χ1n) is 4.61. The van der Waals surface area contributed by atoms with Gasteiger partial charge >= 0.3 is 5.97 Å². The Morgan fingerprint density at radius 1 is 1.25 bits per heavy atom. The molecular formula is C8H14O8. The summed E-state index contributed by atoms with van der Waals surface area (Å²) >= 11 is 0. The number of carbonyl (C=O) groups excluding carboxylic acids is 1. The molecule has 1 aliphatic rings. The molecule has 1 saturated heterocycles. The maximum absolute atomic E-state index is 10.8. The van der Waals surface area contributed by atoms with Crippen LogP contribution in [0.2, 0.25) is 0 Å². The topological polar surface area (TPSA) is 148 Å².